The van der Waals surface area contributed by atoms with Crippen molar-refractivity contribution in [3.63, 3.8) is 0 Å². The molecule has 5 atom stereocenters. The number of hydrogen-bond acceptors (Lipinski definition) is 9. The Labute approximate surface area is 138 Å². The highest BCUT2D eigenvalue weighted by atomic mass is 32.1. The molecular formula is C10H14N5O7PS. The van der Waals surface area contributed by atoms with Crippen LogP contribution in [0.4, 0.5) is 5.95 Å². The van der Waals surface area contributed by atoms with Crippen molar-refractivity contribution in [1.29, 1.82) is 0 Å². The van der Waals surface area contributed by atoms with Crippen LogP contribution in [0.1, 0.15) is 6.23 Å². The van der Waals surface area contributed by atoms with E-state index in [1.54, 1.807) is 0 Å². The number of nitrogens with two attached hydrogens (primary N) is 1. The summed E-state index contributed by atoms with van der Waals surface area (Å²) in [5.74, 6) is -2.32. The molecule has 3 heterocycles. The molecule has 3 rings (SSSR count). The first-order valence-corrected chi connectivity index (χ1v) is 8.67. The van der Waals surface area contributed by atoms with Gasteiger partial charge in [0.25, 0.3) is 0 Å². The van der Waals surface area contributed by atoms with Gasteiger partial charge in [-0.3, -0.25) is 9.13 Å². The largest absolute Gasteiger partial charge is 0.387 e. The molecule has 1 aliphatic heterocycles. The summed E-state index contributed by atoms with van der Waals surface area (Å²) in [6, 6.07) is 0. The highest BCUT2D eigenvalue weighted by Gasteiger charge is 2.51. The van der Waals surface area contributed by atoms with Crippen molar-refractivity contribution in [2.45, 2.75) is 30.4 Å². The van der Waals surface area contributed by atoms with E-state index in [2.05, 4.69) is 15.0 Å². The van der Waals surface area contributed by atoms with E-state index in [9.17, 15) is 19.9 Å². The second-order valence-corrected chi connectivity index (χ2v) is 7.35. The molecule has 24 heavy (non-hydrogen) atoms. The number of H-pyrrole nitrogens is 1. The lowest BCUT2D eigenvalue weighted by atomic mass is 10.1. The van der Waals surface area contributed by atoms with E-state index < -0.39 is 38.0 Å². The molecule has 0 spiro atoms. The topological polar surface area (TPSA) is 200 Å². The van der Waals surface area contributed by atoms with E-state index in [4.69, 9.17) is 32.5 Å². The summed E-state index contributed by atoms with van der Waals surface area (Å²) in [5, 5.41) is 29.8. The van der Waals surface area contributed by atoms with Gasteiger partial charge in [0, 0.05) is 0 Å². The van der Waals surface area contributed by atoms with Crippen molar-refractivity contribution in [3.05, 3.63) is 11.0 Å². The Kier molecular flexibility index (Phi) is 4.22. The third-order valence-electron chi connectivity index (χ3n) is 3.65. The number of imidazole rings is 1. The van der Waals surface area contributed by atoms with E-state index in [0.29, 0.717) is 0 Å². The number of nitrogens with zero attached hydrogens (tertiary/aromatic N) is 3. The molecule has 0 amide bonds. The Bertz CT molecular complexity index is 880. The summed E-state index contributed by atoms with van der Waals surface area (Å²) < 4.78 is 17.8. The van der Waals surface area contributed by atoms with Crippen LogP contribution in [0, 0.1) is 4.64 Å². The smallest absolute Gasteiger partial charge is 0.356 e. The first kappa shape index (κ1) is 17.4. The van der Waals surface area contributed by atoms with Crippen molar-refractivity contribution in [2.75, 3.05) is 5.73 Å². The van der Waals surface area contributed by atoms with Gasteiger partial charge >= 0.3 is 7.60 Å². The molecule has 12 nitrogen and oxygen atoms in total. The number of anilines is 1. The SMILES string of the molecule is Nc1nc(=S)c2ncn([C@@H]3O[C@H](C(O)P(=O)(O)O)C(O)C3O)c2[nH]1. The van der Waals surface area contributed by atoms with Gasteiger partial charge in [-0.2, -0.15) is 0 Å². The highest BCUT2D eigenvalue weighted by Crippen LogP contribution is 2.46. The van der Waals surface area contributed by atoms with E-state index in [-0.39, 0.29) is 21.8 Å². The number of aliphatic hydroxyl groups is 3. The summed E-state index contributed by atoms with van der Waals surface area (Å²) in [7, 11) is -4.96. The number of aromatic amines is 1. The minimum absolute atomic E-state index is 0.0194. The number of rotatable bonds is 3. The lowest BCUT2D eigenvalue weighted by molar-refractivity contribution is -0.0663. The minimum atomic E-state index is -4.96. The molecule has 2 aromatic rings. The summed E-state index contributed by atoms with van der Waals surface area (Å²) in [6.45, 7) is 0. The van der Waals surface area contributed by atoms with E-state index in [0.717, 1.165) is 0 Å². The predicted octanol–water partition coefficient (Wildman–Crippen LogP) is -1.81. The third kappa shape index (κ3) is 2.74. The van der Waals surface area contributed by atoms with Crippen molar-refractivity contribution < 1.29 is 34.4 Å². The van der Waals surface area contributed by atoms with Gasteiger partial charge < -0.3 is 40.6 Å². The fourth-order valence-corrected chi connectivity index (χ4v) is 3.38. The van der Waals surface area contributed by atoms with Crippen LogP contribution in [0.25, 0.3) is 11.2 Å². The zero-order chi connectivity index (χ0) is 17.8. The fraction of sp³-hybridized carbons (Fsp3) is 0.500. The fourth-order valence-electron chi connectivity index (χ4n) is 2.50. The maximum atomic E-state index is 11.2. The predicted molar refractivity (Wildman–Crippen MR) is 81.1 cm³/mol. The lowest BCUT2D eigenvalue weighted by Gasteiger charge is -2.21. The minimum Gasteiger partial charge on any atom is -0.387 e. The van der Waals surface area contributed by atoms with Gasteiger partial charge in [0.05, 0.1) is 6.33 Å². The van der Waals surface area contributed by atoms with Crippen LogP contribution in [-0.4, -0.2) is 68.8 Å². The van der Waals surface area contributed by atoms with E-state index in [1.807, 2.05) is 0 Å². The summed E-state index contributed by atoms with van der Waals surface area (Å²) in [4.78, 5) is 28.6. The Morgan fingerprint density at radius 3 is 2.71 bits per heavy atom. The molecule has 8 N–H and O–H groups in total. The molecule has 0 aliphatic carbocycles. The molecule has 0 aromatic carbocycles. The van der Waals surface area contributed by atoms with Crippen molar-refractivity contribution in [3.8, 4) is 0 Å². The van der Waals surface area contributed by atoms with Crippen molar-refractivity contribution >= 4 is 36.9 Å². The number of hydrogen-bond donors (Lipinski definition) is 7. The van der Waals surface area contributed by atoms with Gasteiger partial charge in [-0.25, -0.2) is 9.97 Å². The van der Waals surface area contributed by atoms with Crippen LogP contribution >= 0.6 is 19.8 Å². The summed E-state index contributed by atoms with van der Waals surface area (Å²) >= 11 is 5.01. The lowest BCUT2D eigenvalue weighted by Crippen LogP contribution is -2.38. The second kappa shape index (κ2) is 5.82. The molecule has 1 saturated heterocycles. The Morgan fingerprint density at radius 1 is 1.42 bits per heavy atom. The van der Waals surface area contributed by atoms with Gasteiger partial charge in [0.2, 0.25) is 0 Å². The molecule has 3 unspecified atom stereocenters. The quantitative estimate of drug-likeness (QED) is 0.234. The summed E-state index contributed by atoms with van der Waals surface area (Å²) in [5.41, 5.74) is 6.06. The van der Waals surface area contributed by atoms with Gasteiger partial charge in [0.15, 0.2) is 22.7 Å². The van der Waals surface area contributed by atoms with Gasteiger partial charge in [0.1, 0.15) is 29.5 Å². The molecule has 1 fully saturated rings. The number of nitrogens with one attached hydrogen (secondary N) is 1. The monoisotopic (exact) mass is 379 g/mol. The third-order valence-corrected chi connectivity index (χ3v) is 4.92. The molecule has 132 valence electrons. The Morgan fingerprint density at radius 2 is 2.08 bits per heavy atom. The zero-order valence-electron chi connectivity index (χ0n) is 11.8. The number of aliphatic hydroxyl groups excluding tert-OH is 3. The van der Waals surface area contributed by atoms with Crippen LogP contribution in [0.2, 0.25) is 0 Å². The highest BCUT2D eigenvalue weighted by molar-refractivity contribution is 7.71. The van der Waals surface area contributed by atoms with E-state index >= 15 is 0 Å². The maximum Gasteiger partial charge on any atom is 0.356 e. The zero-order valence-corrected chi connectivity index (χ0v) is 13.5. The van der Waals surface area contributed by atoms with Gasteiger partial charge in [-0.15, -0.1) is 0 Å². The first-order valence-electron chi connectivity index (χ1n) is 6.58. The van der Waals surface area contributed by atoms with Crippen molar-refractivity contribution in [2.24, 2.45) is 0 Å². The van der Waals surface area contributed by atoms with Crippen molar-refractivity contribution in [1.82, 2.24) is 19.5 Å². The Hall–Kier alpha value is -1.44. The second-order valence-electron chi connectivity index (χ2n) is 5.25. The van der Waals surface area contributed by atoms with E-state index in [1.165, 1.54) is 10.9 Å². The van der Waals surface area contributed by atoms with Gasteiger partial charge in [-0.05, 0) is 0 Å². The van der Waals surface area contributed by atoms with Crippen LogP contribution in [-0.2, 0) is 9.30 Å². The molecule has 0 radical (unpaired) electrons. The maximum absolute atomic E-state index is 11.2. The molecule has 0 saturated carbocycles. The van der Waals surface area contributed by atoms with Crippen LogP contribution in [0.15, 0.2) is 6.33 Å². The molecule has 2 aromatic heterocycles. The standard InChI is InChI=1S/C10H14N5O7PS/c11-10-13-6-2(7(24)14-10)12-1-15(6)8-4(17)3(16)5(22-8)9(18)23(19,20)21/h1,3-5,8-9,16-18H,(H2,19,20,21)(H3,11,13,14,24)/t3?,4?,5-,8+,9?/m0/s1. The number of aromatic nitrogens is 4. The number of ether oxygens (including phenoxy) is 1. The average molecular weight is 379 g/mol. The molecule has 0 bridgehead atoms. The number of nitrogen functional groups attached to an aromatic ring is 1. The number of fused-ring (bicyclic) bond motifs is 1. The van der Waals surface area contributed by atoms with Crippen LogP contribution < -0.4 is 5.73 Å². The van der Waals surface area contributed by atoms with Crippen LogP contribution in [0.3, 0.4) is 0 Å². The normalized spacial score (nSPS) is 29.2. The molecular weight excluding hydrogens is 365 g/mol. The summed E-state index contributed by atoms with van der Waals surface area (Å²) in [6.07, 6.45) is -5.10. The average Bonchev–Trinajstić information content (AvgIpc) is 3.00. The van der Waals surface area contributed by atoms with Crippen LogP contribution in [0.5, 0.6) is 0 Å². The Balaban J connectivity index is 2.02. The first-order chi connectivity index (χ1) is 11.1. The van der Waals surface area contributed by atoms with Gasteiger partial charge in [-0.1, -0.05) is 12.2 Å². The molecule has 14 heteroatoms. The molecule has 1 aliphatic rings.